The highest BCUT2D eigenvalue weighted by Crippen LogP contribution is 2.68. The predicted octanol–water partition coefficient (Wildman–Crippen LogP) is 5.81. The van der Waals surface area contributed by atoms with E-state index in [4.69, 9.17) is 13.9 Å². The Hall–Kier alpha value is -0.673. The van der Waals surface area contributed by atoms with Gasteiger partial charge in [-0.1, -0.05) is 25.5 Å². The first-order valence-electron chi connectivity index (χ1n) is 12.2. The Labute approximate surface area is 183 Å². The van der Waals surface area contributed by atoms with E-state index in [1.165, 1.54) is 6.42 Å². The fourth-order valence-corrected chi connectivity index (χ4v) is 9.67. The normalized spacial score (nSPS) is 47.2. The van der Waals surface area contributed by atoms with Crippen molar-refractivity contribution in [2.45, 2.75) is 96.2 Å². The lowest BCUT2D eigenvalue weighted by Crippen LogP contribution is -2.57. The summed E-state index contributed by atoms with van der Waals surface area (Å²) in [4.78, 5) is 0. The summed E-state index contributed by atoms with van der Waals surface area (Å²) in [7, 11) is -1.81. The van der Waals surface area contributed by atoms with Crippen LogP contribution in [0.1, 0.15) is 65.2 Å². The summed E-state index contributed by atoms with van der Waals surface area (Å²) in [5, 5.41) is 10.3. The van der Waals surface area contributed by atoms with Crippen molar-refractivity contribution in [3.8, 4) is 6.07 Å². The van der Waals surface area contributed by atoms with Gasteiger partial charge < -0.3 is 13.9 Å². The molecule has 166 valence electrons. The molecular weight excluding hydrogens is 390 g/mol. The maximum atomic E-state index is 10.3. The highest BCUT2D eigenvalue weighted by molar-refractivity contribution is 6.69. The van der Waals surface area contributed by atoms with Gasteiger partial charge in [-0.15, -0.1) is 0 Å². The molecule has 0 N–H and O–H groups in total. The average Bonchev–Trinajstić information content (AvgIpc) is 3.24. The second-order valence-electron chi connectivity index (χ2n) is 12.2. The van der Waals surface area contributed by atoms with Crippen LogP contribution in [0.3, 0.4) is 0 Å². The third-order valence-electron chi connectivity index (χ3n) is 9.70. The Morgan fingerprint density at radius 1 is 1.03 bits per heavy atom. The van der Waals surface area contributed by atoms with Crippen LogP contribution in [0.4, 0.5) is 0 Å². The van der Waals surface area contributed by atoms with Gasteiger partial charge >= 0.3 is 0 Å². The summed E-state index contributed by atoms with van der Waals surface area (Å²) in [6.45, 7) is 13.1. The maximum Gasteiger partial charge on any atom is 0.185 e. The fraction of sp³-hybridized carbons (Fsp3) is 0.880. The van der Waals surface area contributed by atoms with E-state index in [0.29, 0.717) is 11.8 Å². The third kappa shape index (κ3) is 2.86. The molecule has 3 saturated carbocycles. The van der Waals surface area contributed by atoms with Crippen molar-refractivity contribution in [2.24, 2.45) is 28.6 Å². The molecule has 4 nitrogen and oxygen atoms in total. The zero-order valence-electron chi connectivity index (χ0n) is 19.6. The first-order valence-corrected chi connectivity index (χ1v) is 15.6. The molecule has 5 heteroatoms. The van der Waals surface area contributed by atoms with Gasteiger partial charge in [0.2, 0.25) is 0 Å². The van der Waals surface area contributed by atoms with E-state index >= 15 is 0 Å². The maximum absolute atomic E-state index is 10.3. The smallest absolute Gasteiger partial charge is 0.185 e. The first-order chi connectivity index (χ1) is 14.1. The van der Waals surface area contributed by atoms with Gasteiger partial charge in [0.1, 0.15) is 5.60 Å². The Bertz CT molecular complexity index is 791. The molecule has 5 aliphatic rings. The predicted molar refractivity (Wildman–Crippen MR) is 119 cm³/mol. The lowest BCUT2D eigenvalue weighted by Gasteiger charge is -2.59. The second kappa shape index (κ2) is 6.67. The fourth-order valence-electron chi connectivity index (χ4n) is 8.24. The van der Waals surface area contributed by atoms with Crippen LogP contribution >= 0.6 is 0 Å². The van der Waals surface area contributed by atoms with Gasteiger partial charge in [-0.3, -0.25) is 0 Å². The quantitative estimate of drug-likeness (QED) is 0.411. The molecular formula is C25H39NO3Si. The molecule has 5 rings (SSSR count). The summed E-state index contributed by atoms with van der Waals surface area (Å²) in [6, 6.07) is 2.73. The van der Waals surface area contributed by atoms with Crippen molar-refractivity contribution in [3.05, 3.63) is 11.6 Å². The molecule has 4 fully saturated rings. The Kier molecular flexibility index (Phi) is 4.71. The standard InChI is InChI=1S/C25H39NO3Si/c1-22-12-13-25(27-14-15-28-25)16-18(22)6-7-19-20(22)8-10-23(2)21(19)9-11-24(23,17-26)29-30(3,4)5/h6,19-21H,7-16H2,1-5H3/t19-,20-,21+,22+,23+,24+/m1/s1. The first kappa shape index (κ1) is 21.2. The Morgan fingerprint density at radius 2 is 1.73 bits per heavy atom. The van der Waals surface area contributed by atoms with E-state index in [-0.39, 0.29) is 16.6 Å². The molecule has 4 aliphatic carbocycles. The molecule has 0 amide bonds. The summed E-state index contributed by atoms with van der Waals surface area (Å²) >= 11 is 0. The van der Waals surface area contributed by atoms with Gasteiger partial charge in [-0.05, 0) is 81.3 Å². The summed E-state index contributed by atoms with van der Waals surface area (Å²) < 4.78 is 18.9. The van der Waals surface area contributed by atoms with Crippen LogP contribution in [0, 0.1) is 39.9 Å². The van der Waals surface area contributed by atoms with Crippen LogP contribution in [0.25, 0.3) is 0 Å². The van der Waals surface area contributed by atoms with Crippen molar-refractivity contribution in [3.63, 3.8) is 0 Å². The minimum atomic E-state index is -1.81. The molecule has 1 spiro atoms. The van der Waals surface area contributed by atoms with Crippen molar-refractivity contribution in [2.75, 3.05) is 13.2 Å². The van der Waals surface area contributed by atoms with Crippen molar-refractivity contribution < 1.29 is 13.9 Å². The average molecular weight is 430 g/mol. The van der Waals surface area contributed by atoms with Crippen LogP contribution in [0.15, 0.2) is 11.6 Å². The van der Waals surface area contributed by atoms with Crippen molar-refractivity contribution in [1.82, 2.24) is 0 Å². The number of nitrogens with zero attached hydrogens (tertiary/aromatic N) is 1. The van der Waals surface area contributed by atoms with E-state index in [1.807, 2.05) is 0 Å². The van der Waals surface area contributed by atoms with Crippen LogP contribution < -0.4 is 0 Å². The molecule has 1 heterocycles. The Morgan fingerprint density at radius 3 is 2.40 bits per heavy atom. The number of allylic oxidation sites excluding steroid dienone is 1. The highest BCUT2D eigenvalue weighted by Gasteiger charge is 2.66. The van der Waals surface area contributed by atoms with Crippen LogP contribution in [-0.4, -0.2) is 32.9 Å². The number of hydrogen-bond donors (Lipinski definition) is 0. The van der Waals surface area contributed by atoms with Crippen LogP contribution in [-0.2, 0) is 13.9 Å². The van der Waals surface area contributed by atoms with Crippen LogP contribution in [0.5, 0.6) is 0 Å². The van der Waals surface area contributed by atoms with Gasteiger partial charge in [0, 0.05) is 18.3 Å². The number of nitriles is 1. The number of fused-ring (bicyclic) bond motifs is 5. The highest BCUT2D eigenvalue weighted by atomic mass is 28.4. The number of ether oxygens (including phenoxy) is 2. The van der Waals surface area contributed by atoms with Gasteiger partial charge in [-0.25, -0.2) is 0 Å². The van der Waals surface area contributed by atoms with Gasteiger partial charge in [0.25, 0.3) is 0 Å². The van der Waals surface area contributed by atoms with E-state index in [0.717, 1.165) is 64.1 Å². The molecule has 6 atom stereocenters. The lowest BCUT2D eigenvalue weighted by atomic mass is 9.47. The lowest BCUT2D eigenvalue weighted by molar-refractivity contribution is -0.186. The van der Waals surface area contributed by atoms with Crippen LogP contribution in [0.2, 0.25) is 19.6 Å². The third-order valence-corrected chi connectivity index (χ3v) is 10.7. The minimum Gasteiger partial charge on any atom is -0.399 e. The Balaban J connectivity index is 1.45. The summed E-state index contributed by atoms with van der Waals surface area (Å²) in [6.07, 6.45) is 11.2. The van der Waals surface area contributed by atoms with E-state index in [9.17, 15) is 5.26 Å². The van der Waals surface area contributed by atoms with E-state index in [1.54, 1.807) is 5.57 Å². The number of rotatable bonds is 2. The minimum absolute atomic E-state index is 0.0154. The van der Waals surface area contributed by atoms with Gasteiger partial charge in [0.15, 0.2) is 14.1 Å². The molecule has 0 aromatic rings. The second-order valence-corrected chi connectivity index (χ2v) is 16.6. The van der Waals surface area contributed by atoms with E-state index in [2.05, 4.69) is 45.6 Å². The zero-order chi connectivity index (χ0) is 21.4. The molecule has 1 saturated heterocycles. The number of hydrogen-bond acceptors (Lipinski definition) is 4. The molecule has 1 aliphatic heterocycles. The molecule has 0 aromatic carbocycles. The van der Waals surface area contributed by atoms with Gasteiger partial charge in [-0.2, -0.15) is 5.26 Å². The molecule has 0 bridgehead atoms. The molecule has 30 heavy (non-hydrogen) atoms. The summed E-state index contributed by atoms with van der Waals surface area (Å²) in [5.74, 6) is 1.65. The SMILES string of the molecule is C[C@]12CCC3(CC1=CC[C@@H]1[C@H]2CC[C@@]2(C)[C@H]1CC[C@@]2(C#N)O[Si](C)(C)C)OCCO3. The topological polar surface area (TPSA) is 51.5 Å². The van der Waals surface area contributed by atoms with E-state index < -0.39 is 13.9 Å². The molecule has 0 aromatic heterocycles. The molecule has 0 unspecified atom stereocenters. The van der Waals surface area contributed by atoms with Crippen molar-refractivity contribution >= 4 is 8.32 Å². The molecule has 0 radical (unpaired) electrons. The summed E-state index contributed by atoms with van der Waals surface area (Å²) in [5.41, 5.74) is 1.25. The monoisotopic (exact) mass is 429 g/mol. The largest absolute Gasteiger partial charge is 0.399 e. The zero-order valence-corrected chi connectivity index (χ0v) is 20.6. The van der Waals surface area contributed by atoms with Gasteiger partial charge in [0.05, 0.1) is 19.3 Å². The van der Waals surface area contributed by atoms with Crippen molar-refractivity contribution in [1.29, 1.82) is 5.26 Å².